The van der Waals surface area contributed by atoms with Crippen LogP contribution in [0.15, 0.2) is 76.2 Å². The van der Waals surface area contributed by atoms with Crippen LogP contribution in [0.4, 0.5) is 0 Å². The van der Waals surface area contributed by atoms with E-state index in [1.807, 2.05) is 0 Å². The molecule has 0 bridgehead atoms. The highest BCUT2D eigenvalue weighted by Gasteiger charge is 2.24. The highest BCUT2D eigenvalue weighted by Crippen LogP contribution is 2.18. The van der Waals surface area contributed by atoms with Crippen molar-refractivity contribution in [3.8, 4) is 0 Å². The molecular weight excluding hydrogens is 450 g/mol. The predicted molar refractivity (Wildman–Crippen MR) is 131 cm³/mol. The number of carbonyl (C=O) groups is 1. The van der Waals surface area contributed by atoms with Crippen LogP contribution in [0.1, 0.15) is 47.0 Å². The first-order valence-corrected chi connectivity index (χ1v) is 13.0. The molecule has 0 radical (unpaired) electrons. The molecular formula is C26H31N3O4S. The van der Waals surface area contributed by atoms with Crippen molar-refractivity contribution in [2.24, 2.45) is 0 Å². The molecule has 1 aliphatic heterocycles. The number of amides is 1. The lowest BCUT2D eigenvalue weighted by Gasteiger charge is -2.35. The van der Waals surface area contributed by atoms with Gasteiger partial charge in [0, 0.05) is 38.3 Å². The number of nitrogens with one attached hydrogen (secondary N) is 1. The molecule has 4 rings (SSSR count). The Kier molecular flexibility index (Phi) is 7.50. The van der Waals surface area contributed by atoms with Gasteiger partial charge in [0.15, 0.2) is 0 Å². The fourth-order valence-electron chi connectivity index (χ4n) is 4.02. The summed E-state index contributed by atoms with van der Waals surface area (Å²) in [7, 11) is -3.76. The predicted octanol–water partition coefficient (Wildman–Crippen LogP) is 3.84. The minimum Gasteiger partial charge on any atom is -0.468 e. The summed E-state index contributed by atoms with van der Waals surface area (Å²) < 4.78 is 33.0. The van der Waals surface area contributed by atoms with Gasteiger partial charge < -0.3 is 9.32 Å². The van der Waals surface area contributed by atoms with Gasteiger partial charge in [-0.1, -0.05) is 44.2 Å². The van der Waals surface area contributed by atoms with E-state index in [2.05, 4.69) is 47.7 Å². The zero-order valence-electron chi connectivity index (χ0n) is 19.6. The van der Waals surface area contributed by atoms with Gasteiger partial charge in [0.05, 0.1) is 17.7 Å². The molecule has 8 heteroatoms. The van der Waals surface area contributed by atoms with E-state index in [9.17, 15) is 13.2 Å². The van der Waals surface area contributed by atoms with Crippen LogP contribution in [0.2, 0.25) is 0 Å². The number of nitrogens with zero attached hydrogens (tertiary/aromatic N) is 2. The molecule has 0 aliphatic carbocycles. The molecule has 1 saturated heterocycles. The van der Waals surface area contributed by atoms with Crippen molar-refractivity contribution in [3.63, 3.8) is 0 Å². The Bertz CT molecular complexity index is 1200. The molecule has 3 aromatic rings. The fourth-order valence-corrected chi connectivity index (χ4v) is 5.06. The number of benzene rings is 2. The molecule has 2 aromatic carbocycles. The summed E-state index contributed by atoms with van der Waals surface area (Å²) in [5.74, 6) is 0.887. The van der Waals surface area contributed by atoms with E-state index in [0.717, 1.165) is 19.6 Å². The van der Waals surface area contributed by atoms with E-state index in [-0.39, 0.29) is 17.3 Å². The zero-order chi connectivity index (χ0) is 24.1. The number of hydrogen-bond donors (Lipinski definition) is 1. The van der Waals surface area contributed by atoms with Crippen LogP contribution < -0.4 is 4.72 Å². The Morgan fingerprint density at radius 2 is 1.74 bits per heavy atom. The van der Waals surface area contributed by atoms with Crippen LogP contribution >= 0.6 is 0 Å². The van der Waals surface area contributed by atoms with Gasteiger partial charge in [-0.2, -0.15) is 0 Å². The standard InChI is InChI=1S/C26H31N3O4S/c1-20(2)22-10-8-21(9-11-22)19-28-12-14-29(15-13-28)26(30)23-5-3-7-25(17-23)34(31,32)27-18-24-6-4-16-33-24/h3-11,16-17,20,27H,12-15,18-19H2,1-2H3. The third kappa shape index (κ3) is 5.94. The van der Waals surface area contributed by atoms with E-state index >= 15 is 0 Å². The van der Waals surface area contributed by atoms with Crippen LogP contribution in [0.5, 0.6) is 0 Å². The average Bonchev–Trinajstić information content (AvgIpc) is 3.37. The van der Waals surface area contributed by atoms with Crippen LogP contribution in [0, 0.1) is 0 Å². The maximum absolute atomic E-state index is 13.1. The molecule has 0 saturated carbocycles. The molecule has 1 fully saturated rings. The monoisotopic (exact) mass is 481 g/mol. The molecule has 1 aromatic heterocycles. The second-order valence-electron chi connectivity index (χ2n) is 8.90. The molecule has 0 atom stereocenters. The van der Waals surface area contributed by atoms with Crippen molar-refractivity contribution < 1.29 is 17.6 Å². The summed E-state index contributed by atoms with van der Waals surface area (Å²) >= 11 is 0. The van der Waals surface area contributed by atoms with E-state index in [0.29, 0.717) is 30.3 Å². The number of hydrogen-bond acceptors (Lipinski definition) is 5. The first-order valence-electron chi connectivity index (χ1n) is 11.5. The smallest absolute Gasteiger partial charge is 0.253 e. The van der Waals surface area contributed by atoms with Crippen molar-refractivity contribution in [3.05, 3.63) is 89.4 Å². The molecule has 1 N–H and O–H groups in total. The Balaban J connectivity index is 1.34. The normalized spacial score (nSPS) is 15.1. The molecule has 0 unspecified atom stereocenters. The van der Waals surface area contributed by atoms with Crippen LogP contribution in [0.25, 0.3) is 0 Å². The van der Waals surface area contributed by atoms with Crippen LogP contribution in [0.3, 0.4) is 0 Å². The first-order chi connectivity index (χ1) is 16.3. The second-order valence-corrected chi connectivity index (χ2v) is 10.7. The highest BCUT2D eigenvalue weighted by atomic mass is 32.2. The molecule has 0 spiro atoms. The van der Waals surface area contributed by atoms with Gasteiger partial charge in [0.25, 0.3) is 5.91 Å². The van der Waals surface area contributed by atoms with Gasteiger partial charge in [0.2, 0.25) is 10.0 Å². The average molecular weight is 482 g/mol. The molecule has 180 valence electrons. The Morgan fingerprint density at radius 1 is 1.00 bits per heavy atom. The largest absolute Gasteiger partial charge is 0.468 e. The number of carbonyl (C=O) groups excluding carboxylic acids is 1. The van der Waals surface area contributed by atoms with Crippen LogP contribution in [-0.4, -0.2) is 50.3 Å². The van der Waals surface area contributed by atoms with Crippen LogP contribution in [-0.2, 0) is 23.1 Å². The van der Waals surface area contributed by atoms with Crippen molar-refractivity contribution in [1.29, 1.82) is 0 Å². The summed E-state index contributed by atoms with van der Waals surface area (Å²) in [4.78, 5) is 17.3. The first kappa shape index (κ1) is 24.2. The summed E-state index contributed by atoms with van der Waals surface area (Å²) in [6.07, 6.45) is 1.49. The summed E-state index contributed by atoms with van der Waals surface area (Å²) in [6.45, 7) is 8.06. The van der Waals surface area contributed by atoms with Crippen molar-refractivity contribution in [2.75, 3.05) is 26.2 Å². The minimum atomic E-state index is -3.76. The molecule has 1 aliphatic rings. The minimum absolute atomic E-state index is 0.0513. The van der Waals surface area contributed by atoms with Gasteiger partial charge in [0.1, 0.15) is 5.76 Å². The van der Waals surface area contributed by atoms with E-state index in [4.69, 9.17) is 4.42 Å². The van der Waals surface area contributed by atoms with E-state index in [1.54, 1.807) is 29.2 Å². The lowest BCUT2D eigenvalue weighted by Crippen LogP contribution is -2.48. The van der Waals surface area contributed by atoms with Gasteiger partial charge in [-0.25, -0.2) is 13.1 Å². The van der Waals surface area contributed by atoms with E-state index in [1.165, 1.54) is 29.5 Å². The summed E-state index contributed by atoms with van der Waals surface area (Å²) in [5, 5.41) is 0. The third-order valence-electron chi connectivity index (χ3n) is 6.12. The third-order valence-corrected chi connectivity index (χ3v) is 7.52. The number of furan rings is 1. The fraction of sp³-hybridized carbons (Fsp3) is 0.346. The lowest BCUT2D eigenvalue weighted by atomic mass is 10.0. The lowest BCUT2D eigenvalue weighted by molar-refractivity contribution is 0.0628. The Morgan fingerprint density at radius 3 is 2.38 bits per heavy atom. The number of rotatable bonds is 8. The maximum Gasteiger partial charge on any atom is 0.253 e. The molecule has 7 nitrogen and oxygen atoms in total. The van der Waals surface area contributed by atoms with E-state index < -0.39 is 10.0 Å². The van der Waals surface area contributed by atoms with Crippen molar-refractivity contribution in [2.45, 2.75) is 37.8 Å². The van der Waals surface area contributed by atoms with Gasteiger partial charge in [-0.05, 0) is 47.4 Å². The SMILES string of the molecule is CC(C)c1ccc(CN2CCN(C(=O)c3cccc(S(=O)(=O)NCc4ccco4)c3)CC2)cc1. The zero-order valence-corrected chi connectivity index (χ0v) is 20.4. The van der Waals surface area contributed by atoms with Crippen molar-refractivity contribution in [1.82, 2.24) is 14.5 Å². The van der Waals surface area contributed by atoms with Gasteiger partial charge in [-0.3, -0.25) is 9.69 Å². The molecule has 34 heavy (non-hydrogen) atoms. The highest BCUT2D eigenvalue weighted by molar-refractivity contribution is 7.89. The molecule has 2 heterocycles. The summed E-state index contributed by atoms with van der Waals surface area (Å²) in [5.41, 5.74) is 2.97. The Labute approximate surface area is 201 Å². The van der Waals surface area contributed by atoms with Gasteiger partial charge >= 0.3 is 0 Å². The quantitative estimate of drug-likeness (QED) is 0.529. The molecule has 1 amide bonds. The maximum atomic E-state index is 13.1. The number of sulfonamides is 1. The number of piperazine rings is 1. The van der Waals surface area contributed by atoms with Crippen molar-refractivity contribution >= 4 is 15.9 Å². The van der Waals surface area contributed by atoms with Gasteiger partial charge in [-0.15, -0.1) is 0 Å². The Hall–Kier alpha value is -2.94. The summed E-state index contributed by atoms with van der Waals surface area (Å²) in [6, 6.07) is 18.3. The topological polar surface area (TPSA) is 82.9 Å². The second kappa shape index (κ2) is 10.5.